The zero-order valence-corrected chi connectivity index (χ0v) is 20.5. The molecule has 170 valence electrons. The third-order valence-corrected chi connectivity index (χ3v) is 8.62. The molecule has 0 radical (unpaired) electrons. The normalized spacial score (nSPS) is 12.3. The van der Waals surface area contributed by atoms with E-state index in [2.05, 4.69) is 109 Å². The molecule has 0 unspecified atom stereocenters. The lowest BCUT2D eigenvalue weighted by Gasteiger charge is -2.12. The second-order valence-corrected chi connectivity index (χ2v) is 10.7. The van der Waals surface area contributed by atoms with Crippen molar-refractivity contribution in [3.05, 3.63) is 109 Å². The van der Waals surface area contributed by atoms with Gasteiger partial charge in [-0.25, -0.2) is 4.98 Å². The molecule has 0 N–H and O–H groups in total. The first-order valence-electron chi connectivity index (χ1n) is 12.5. The van der Waals surface area contributed by atoms with Crippen LogP contribution in [-0.2, 0) is 0 Å². The Balaban J connectivity index is 1.21. The Kier molecular flexibility index (Phi) is 3.70. The predicted molar refractivity (Wildman–Crippen MR) is 158 cm³/mol. The monoisotopic (exact) mass is 486 g/mol. The summed E-state index contributed by atoms with van der Waals surface area (Å²) in [5.41, 5.74) is 2.18. The zero-order valence-electron chi connectivity index (χ0n) is 19.7. The van der Waals surface area contributed by atoms with Crippen LogP contribution in [0.4, 0.5) is 0 Å². The third-order valence-electron chi connectivity index (χ3n) is 7.86. The van der Waals surface area contributed by atoms with E-state index in [-0.39, 0.29) is 0 Å². The van der Waals surface area contributed by atoms with Crippen LogP contribution in [-0.4, -0.2) is 9.36 Å². The molecule has 0 amide bonds. The van der Waals surface area contributed by atoms with E-state index in [4.69, 9.17) is 9.36 Å². The van der Waals surface area contributed by atoms with Crippen molar-refractivity contribution in [2.45, 2.75) is 0 Å². The molecule has 0 saturated heterocycles. The fraction of sp³-hybridized carbons (Fsp3) is 0. The van der Waals surface area contributed by atoms with Crippen LogP contribution in [0.1, 0.15) is 0 Å². The third kappa shape index (κ3) is 2.69. The van der Waals surface area contributed by atoms with Gasteiger partial charge in [-0.2, -0.15) is 4.37 Å². The van der Waals surface area contributed by atoms with Gasteiger partial charge in [0.15, 0.2) is 5.82 Å². The number of rotatable bonds is 2. The Morgan fingerprint density at radius 3 is 1.24 bits per heavy atom. The smallest absolute Gasteiger partial charge is 0.173 e. The van der Waals surface area contributed by atoms with Crippen molar-refractivity contribution in [2.75, 3.05) is 0 Å². The highest BCUT2D eigenvalue weighted by molar-refractivity contribution is 7.09. The highest BCUT2D eigenvalue weighted by Gasteiger charge is 2.15. The Morgan fingerprint density at radius 2 is 0.784 bits per heavy atom. The van der Waals surface area contributed by atoms with Crippen molar-refractivity contribution >= 4 is 76.2 Å². The molecule has 0 aliphatic rings. The van der Waals surface area contributed by atoms with Crippen molar-refractivity contribution in [1.29, 1.82) is 0 Å². The summed E-state index contributed by atoms with van der Waals surface area (Å²) in [6.07, 6.45) is 0. The molecule has 2 nitrogen and oxygen atoms in total. The van der Waals surface area contributed by atoms with Gasteiger partial charge in [-0.05, 0) is 100 Å². The van der Waals surface area contributed by atoms with E-state index in [9.17, 15) is 0 Å². The summed E-state index contributed by atoms with van der Waals surface area (Å²) in [4.78, 5) is 5.03. The maximum Gasteiger partial charge on any atom is 0.173 e. The molecule has 0 fully saturated rings. The van der Waals surface area contributed by atoms with Crippen molar-refractivity contribution in [3.8, 4) is 22.0 Å². The van der Waals surface area contributed by atoms with Gasteiger partial charge in [-0.15, -0.1) is 0 Å². The largest absolute Gasteiger partial charge is 0.215 e. The van der Waals surface area contributed by atoms with Crippen LogP contribution in [0.15, 0.2) is 109 Å². The van der Waals surface area contributed by atoms with Crippen LogP contribution in [0.5, 0.6) is 0 Å². The average molecular weight is 487 g/mol. The van der Waals surface area contributed by atoms with Crippen LogP contribution in [0.2, 0.25) is 0 Å². The van der Waals surface area contributed by atoms with Crippen molar-refractivity contribution < 1.29 is 0 Å². The highest BCUT2D eigenvalue weighted by Crippen LogP contribution is 2.40. The van der Waals surface area contributed by atoms with Crippen LogP contribution in [0.25, 0.3) is 86.6 Å². The minimum atomic E-state index is 0.788. The SMILES string of the molecule is c1cc2ccc3cc(-c4nsc(-c5cc6ccc7cccc8ccc(c5)c6c78)n4)cc4ccc(c1)c2c34. The van der Waals surface area contributed by atoms with Crippen LogP contribution in [0, 0.1) is 0 Å². The Hall–Kier alpha value is -4.60. The lowest BCUT2D eigenvalue weighted by Crippen LogP contribution is -1.87. The molecule has 8 aromatic carbocycles. The number of benzene rings is 8. The van der Waals surface area contributed by atoms with Gasteiger partial charge >= 0.3 is 0 Å². The number of hydrogen-bond acceptors (Lipinski definition) is 3. The lowest BCUT2D eigenvalue weighted by atomic mass is 9.93. The summed E-state index contributed by atoms with van der Waals surface area (Å²) in [5, 5.41) is 16.4. The molecular weight excluding hydrogens is 468 g/mol. The van der Waals surface area contributed by atoms with Gasteiger partial charge in [-0.3, -0.25) is 0 Å². The Morgan fingerprint density at radius 1 is 0.405 bits per heavy atom. The topological polar surface area (TPSA) is 25.8 Å². The van der Waals surface area contributed by atoms with Crippen LogP contribution >= 0.6 is 11.5 Å². The molecule has 37 heavy (non-hydrogen) atoms. The second-order valence-electron chi connectivity index (χ2n) is 9.94. The number of nitrogens with zero attached hydrogens (tertiary/aromatic N) is 2. The molecule has 0 saturated carbocycles. The van der Waals surface area contributed by atoms with Crippen LogP contribution < -0.4 is 0 Å². The highest BCUT2D eigenvalue weighted by atomic mass is 32.1. The van der Waals surface area contributed by atoms with E-state index < -0.39 is 0 Å². The molecule has 0 aliphatic carbocycles. The van der Waals surface area contributed by atoms with E-state index in [0.717, 1.165) is 22.0 Å². The van der Waals surface area contributed by atoms with E-state index in [1.54, 1.807) is 0 Å². The number of aromatic nitrogens is 2. The maximum absolute atomic E-state index is 5.03. The molecule has 9 rings (SSSR count). The molecule has 1 heterocycles. The predicted octanol–water partition coefficient (Wildman–Crippen LogP) is 9.67. The minimum Gasteiger partial charge on any atom is -0.215 e. The number of hydrogen-bond donors (Lipinski definition) is 0. The fourth-order valence-electron chi connectivity index (χ4n) is 6.22. The Bertz CT molecular complexity index is 2020. The standard InChI is InChI=1S/C34H18N2S/c1-3-19-7-11-23-15-27(16-24-12-8-20(4-1)29(19)31(23)24)33-35-34(37-36-33)28-17-25-13-9-21-5-2-6-22-10-14-26(18-28)32(25)30(21)22/h1-18H. The maximum atomic E-state index is 5.03. The molecule has 1 aromatic heterocycles. The van der Waals surface area contributed by atoms with Crippen molar-refractivity contribution in [2.24, 2.45) is 0 Å². The van der Waals surface area contributed by atoms with Gasteiger partial charge in [0.05, 0.1) is 0 Å². The van der Waals surface area contributed by atoms with Crippen molar-refractivity contribution in [3.63, 3.8) is 0 Å². The molecule has 0 spiro atoms. The molecule has 3 heteroatoms. The summed E-state index contributed by atoms with van der Waals surface area (Å²) in [5.74, 6) is 0.788. The van der Waals surface area contributed by atoms with E-state index in [0.29, 0.717) is 0 Å². The van der Waals surface area contributed by atoms with E-state index in [1.807, 2.05) is 0 Å². The first-order valence-corrected chi connectivity index (χ1v) is 13.3. The second kappa shape index (κ2) is 7.00. The Labute approximate surface area is 216 Å². The molecule has 0 aliphatic heterocycles. The van der Waals surface area contributed by atoms with Gasteiger partial charge < -0.3 is 0 Å². The minimum absolute atomic E-state index is 0.788. The molecule has 0 atom stereocenters. The lowest BCUT2D eigenvalue weighted by molar-refractivity contribution is 1.33. The fourth-order valence-corrected chi connectivity index (χ4v) is 6.89. The first-order chi connectivity index (χ1) is 18.3. The van der Waals surface area contributed by atoms with E-state index >= 15 is 0 Å². The summed E-state index contributed by atoms with van der Waals surface area (Å²) in [7, 11) is 0. The van der Waals surface area contributed by atoms with Crippen molar-refractivity contribution in [1.82, 2.24) is 9.36 Å². The summed E-state index contributed by atoms with van der Waals surface area (Å²) in [6.45, 7) is 0. The molecule has 9 aromatic rings. The molecule has 0 bridgehead atoms. The summed E-state index contributed by atoms with van der Waals surface area (Å²) in [6, 6.07) is 39.8. The van der Waals surface area contributed by atoms with Gasteiger partial charge in [0, 0.05) is 11.1 Å². The van der Waals surface area contributed by atoms with E-state index in [1.165, 1.54) is 76.2 Å². The van der Waals surface area contributed by atoms with Gasteiger partial charge in [-0.1, -0.05) is 84.9 Å². The zero-order chi connectivity index (χ0) is 24.1. The summed E-state index contributed by atoms with van der Waals surface area (Å²) >= 11 is 1.47. The van der Waals surface area contributed by atoms with Gasteiger partial charge in [0.25, 0.3) is 0 Å². The first kappa shape index (κ1) is 19.6. The average Bonchev–Trinajstić information content (AvgIpc) is 3.45. The summed E-state index contributed by atoms with van der Waals surface area (Å²) < 4.78 is 4.81. The quantitative estimate of drug-likeness (QED) is 0.227. The van der Waals surface area contributed by atoms with Crippen LogP contribution in [0.3, 0.4) is 0 Å². The molecular formula is C34H18N2S. The van der Waals surface area contributed by atoms with Gasteiger partial charge in [0.2, 0.25) is 0 Å². The van der Waals surface area contributed by atoms with Gasteiger partial charge in [0.1, 0.15) is 5.01 Å².